The van der Waals surface area contributed by atoms with Crippen molar-refractivity contribution in [1.82, 2.24) is 0 Å². The van der Waals surface area contributed by atoms with Gasteiger partial charge in [-0.1, -0.05) is 41.9 Å². The molecule has 0 bridgehead atoms. The molecule has 0 atom stereocenters. The molecule has 0 saturated carbocycles. The van der Waals surface area contributed by atoms with Crippen LogP contribution in [-0.4, -0.2) is 29.0 Å². The molecule has 32 heavy (non-hydrogen) atoms. The lowest BCUT2D eigenvalue weighted by Crippen LogP contribution is -2.18. The molecule has 3 N–H and O–H groups in total. The van der Waals surface area contributed by atoms with E-state index in [1.807, 2.05) is 0 Å². The van der Waals surface area contributed by atoms with E-state index >= 15 is 0 Å². The molecule has 3 aromatic rings. The maximum Gasteiger partial charge on any atom is 0.262 e. The van der Waals surface area contributed by atoms with Gasteiger partial charge in [-0.15, -0.1) is 0 Å². The van der Waals surface area contributed by atoms with Crippen LogP contribution in [0, 0.1) is 6.92 Å². The van der Waals surface area contributed by atoms with Gasteiger partial charge in [0.15, 0.2) is 0 Å². The van der Waals surface area contributed by atoms with Crippen LogP contribution < -0.4 is 14.8 Å². The zero-order chi connectivity index (χ0) is 23.5. The molecular formula is C21H20ClN3O5S2. The molecule has 0 aliphatic rings. The van der Waals surface area contributed by atoms with Crippen LogP contribution in [0.15, 0.2) is 71.6 Å². The first-order chi connectivity index (χ1) is 15.0. The molecule has 0 unspecified atom stereocenters. The van der Waals surface area contributed by atoms with Gasteiger partial charge in [-0.25, -0.2) is 16.8 Å². The smallest absolute Gasteiger partial charge is 0.262 e. The van der Waals surface area contributed by atoms with Crippen LogP contribution in [0.3, 0.4) is 0 Å². The third-order valence-corrected chi connectivity index (χ3v) is 6.75. The first-order valence-electron chi connectivity index (χ1n) is 9.22. The Morgan fingerprint density at radius 3 is 2.12 bits per heavy atom. The number of rotatable bonds is 7. The van der Waals surface area contributed by atoms with E-state index in [4.69, 9.17) is 11.6 Å². The lowest BCUT2D eigenvalue weighted by atomic mass is 10.1. The number of aryl methyl sites for hydroxylation is 1. The van der Waals surface area contributed by atoms with Crippen molar-refractivity contribution < 1.29 is 21.6 Å². The van der Waals surface area contributed by atoms with Gasteiger partial charge in [0.25, 0.3) is 15.9 Å². The molecule has 168 valence electrons. The number of halogens is 1. The Morgan fingerprint density at radius 1 is 0.844 bits per heavy atom. The number of para-hydroxylation sites is 2. The summed E-state index contributed by atoms with van der Waals surface area (Å²) in [5.41, 5.74) is 1.09. The molecule has 1 amide bonds. The van der Waals surface area contributed by atoms with Crippen LogP contribution >= 0.6 is 11.6 Å². The first kappa shape index (κ1) is 23.6. The van der Waals surface area contributed by atoms with Crippen molar-refractivity contribution in [1.29, 1.82) is 0 Å². The topological polar surface area (TPSA) is 121 Å². The average molecular weight is 494 g/mol. The quantitative estimate of drug-likeness (QED) is 0.458. The number of hydrogen-bond donors (Lipinski definition) is 3. The molecule has 0 saturated heterocycles. The Kier molecular flexibility index (Phi) is 6.77. The molecule has 0 aliphatic carbocycles. The van der Waals surface area contributed by atoms with Crippen molar-refractivity contribution in [2.75, 3.05) is 21.0 Å². The Labute approximate surface area is 191 Å². The van der Waals surface area contributed by atoms with Gasteiger partial charge in [-0.05, 0) is 48.9 Å². The Balaban J connectivity index is 1.90. The summed E-state index contributed by atoms with van der Waals surface area (Å²) in [5, 5.41) is 2.85. The number of anilines is 3. The van der Waals surface area contributed by atoms with E-state index in [9.17, 15) is 21.6 Å². The fourth-order valence-electron chi connectivity index (χ4n) is 2.88. The number of benzene rings is 3. The van der Waals surface area contributed by atoms with Gasteiger partial charge in [0.1, 0.15) is 0 Å². The van der Waals surface area contributed by atoms with Gasteiger partial charge in [0.2, 0.25) is 10.0 Å². The maximum absolute atomic E-state index is 12.9. The second-order valence-electron chi connectivity index (χ2n) is 6.94. The molecule has 0 radical (unpaired) electrons. The molecule has 0 aromatic heterocycles. The number of carbonyl (C=O) groups is 1. The highest BCUT2D eigenvalue weighted by molar-refractivity contribution is 7.92. The van der Waals surface area contributed by atoms with Crippen molar-refractivity contribution in [2.24, 2.45) is 0 Å². The Bertz CT molecular complexity index is 1390. The minimum atomic E-state index is -4.00. The number of nitrogens with one attached hydrogen (secondary N) is 3. The SMILES string of the molecule is Cc1ccc(NC(=O)c2ccccc2NS(C)(=O)=O)cc1S(=O)(=O)Nc1ccccc1Cl. The standard InChI is InChI=1S/C21H20ClN3O5S2/c1-14-11-12-15(13-20(14)32(29,30)25-19-10-6-4-8-17(19)22)23-21(26)16-7-3-5-9-18(16)24-31(2,27)28/h3-13,24-25H,1-2H3,(H,23,26). The van der Waals surface area contributed by atoms with Crippen molar-refractivity contribution in [2.45, 2.75) is 11.8 Å². The summed E-state index contributed by atoms with van der Waals surface area (Å²) in [4.78, 5) is 12.7. The molecular weight excluding hydrogens is 474 g/mol. The summed E-state index contributed by atoms with van der Waals surface area (Å²) in [6.45, 7) is 1.62. The van der Waals surface area contributed by atoms with Gasteiger partial charge >= 0.3 is 0 Å². The predicted molar refractivity (Wildman–Crippen MR) is 126 cm³/mol. The minimum absolute atomic E-state index is 0.0437. The Morgan fingerprint density at radius 2 is 1.47 bits per heavy atom. The predicted octanol–water partition coefficient (Wildman–Crippen LogP) is 4.07. The number of carbonyl (C=O) groups excluding carboxylic acids is 1. The molecule has 11 heteroatoms. The number of sulfonamides is 2. The van der Waals surface area contributed by atoms with E-state index in [0.717, 1.165) is 6.26 Å². The molecule has 0 fully saturated rings. The maximum atomic E-state index is 12.9. The van der Waals surface area contributed by atoms with Crippen LogP contribution in [0.2, 0.25) is 5.02 Å². The summed E-state index contributed by atoms with van der Waals surface area (Å²) < 4.78 is 53.7. The van der Waals surface area contributed by atoms with E-state index in [1.54, 1.807) is 49.4 Å². The molecule has 8 nitrogen and oxygen atoms in total. The van der Waals surface area contributed by atoms with E-state index in [1.165, 1.54) is 24.3 Å². The summed E-state index contributed by atoms with van der Waals surface area (Å²) in [5.74, 6) is -0.608. The highest BCUT2D eigenvalue weighted by atomic mass is 35.5. The molecule has 3 rings (SSSR count). The monoisotopic (exact) mass is 493 g/mol. The molecule has 0 spiro atoms. The van der Waals surface area contributed by atoms with Crippen LogP contribution in [0.4, 0.5) is 17.1 Å². The van der Waals surface area contributed by atoms with Crippen LogP contribution in [0.1, 0.15) is 15.9 Å². The van der Waals surface area contributed by atoms with Crippen LogP contribution in [0.5, 0.6) is 0 Å². The lowest BCUT2D eigenvalue weighted by Gasteiger charge is -2.14. The molecule has 0 aliphatic heterocycles. The second-order valence-corrected chi connectivity index (χ2v) is 10.7. The van der Waals surface area contributed by atoms with Crippen molar-refractivity contribution in [3.63, 3.8) is 0 Å². The van der Waals surface area contributed by atoms with Gasteiger partial charge in [0, 0.05) is 5.69 Å². The highest BCUT2D eigenvalue weighted by Gasteiger charge is 2.20. The zero-order valence-electron chi connectivity index (χ0n) is 17.1. The molecule has 3 aromatic carbocycles. The summed E-state index contributed by atoms with van der Waals surface area (Å²) in [6, 6.07) is 16.9. The van der Waals surface area contributed by atoms with Gasteiger partial charge < -0.3 is 5.32 Å². The van der Waals surface area contributed by atoms with Gasteiger partial charge in [0.05, 0.1) is 33.1 Å². The molecule has 0 heterocycles. The summed E-state index contributed by atoms with van der Waals surface area (Å²) in [7, 11) is -7.60. The average Bonchev–Trinajstić information content (AvgIpc) is 2.70. The van der Waals surface area contributed by atoms with E-state index in [2.05, 4.69) is 14.8 Å². The third kappa shape index (κ3) is 5.78. The minimum Gasteiger partial charge on any atom is -0.322 e. The first-order valence-corrected chi connectivity index (χ1v) is 13.0. The highest BCUT2D eigenvalue weighted by Crippen LogP contribution is 2.27. The number of amides is 1. The largest absolute Gasteiger partial charge is 0.322 e. The van der Waals surface area contributed by atoms with Crippen LogP contribution in [0.25, 0.3) is 0 Å². The summed E-state index contributed by atoms with van der Waals surface area (Å²) in [6.07, 6.45) is 0.977. The number of hydrogen-bond acceptors (Lipinski definition) is 5. The lowest BCUT2D eigenvalue weighted by molar-refractivity contribution is 0.102. The Hall–Kier alpha value is -3.08. The van der Waals surface area contributed by atoms with Crippen molar-refractivity contribution in [3.8, 4) is 0 Å². The third-order valence-electron chi connectivity index (χ3n) is 4.32. The van der Waals surface area contributed by atoms with Crippen molar-refractivity contribution >= 4 is 54.6 Å². The van der Waals surface area contributed by atoms with Crippen molar-refractivity contribution in [3.05, 3.63) is 82.9 Å². The van der Waals surface area contributed by atoms with Crippen LogP contribution in [-0.2, 0) is 20.0 Å². The van der Waals surface area contributed by atoms with E-state index < -0.39 is 26.0 Å². The van der Waals surface area contributed by atoms with Gasteiger partial charge in [-0.3, -0.25) is 14.2 Å². The van der Waals surface area contributed by atoms with Gasteiger partial charge in [-0.2, -0.15) is 0 Å². The fraction of sp³-hybridized carbons (Fsp3) is 0.0952. The van der Waals surface area contributed by atoms with E-state index in [-0.39, 0.29) is 32.5 Å². The summed E-state index contributed by atoms with van der Waals surface area (Å²) >= 11 is 6.05. The second kappa shape index (κ2) is 9.19. The zero-order valence-corrected chi connectivity index (χ0v) is 19.5. The van der Waals surface area contributed by atoms with E-state index in [0.29, 0.717) is 5.56 Å². The fourth-order valence-corrected chi connectivity index (χ4v) is 5.05. The normalized spacial score (nSPS) is 11.6.